The molecule has 0 aromatic heterocycles. The molecule has 0 amide bonds. The molecule has 8 nitrogen and oxygen atoms in total. The number of carbonyl (C=O) groups is 2. The Hall–Kier alpha value is -4.34. The molecule has 0 saturated heterocycles. The van der Waals surface area contributed by atoms with Gasteiger partial charge in [-0.3, -0.25) is 4.79 Å². The van der Waals surface area contributed by atoms with Gasteiger partial charge in [0.05, 0.1) is 26.4 Å². The molecule has 44 heavy (non-hydrogen) atoms. The van der Waals surface area contributed by atoms with Crippen LogP contribution in [0, 0.1) is 0 Å². The molecule has 0 aliphatic carbocycles. The van der Waals surface area contributed by atoms with E-state index in [0.717, 1.165) is 11.1 Å². The van der Waals surface area contributed by atoms with E-state index in [1.807, 2.05) is 121 Å². The molecule has 0 aliphatic rings. The monoisotopic (exact) mass is 597 g/mol. The zero-order chi connectivity index (χ0) is 31.1. The zero-order valence-electron chi connectivity index (χ0n) is 24.7. The minimum atomic E-state index is -1.22. The third kappa shape index (κ3) is 7.59. The summed E-state index contributed by atoms with van der Waals surface area (Å²) in [6.07, 6.45) is 0.601. The number of benzene rings is 4. The summed E-state index contributed by atoms with van der Waals surface area (Å²) in [5.41, 5.74) is 0.618. The van der Waals surface area contributed by atoms with Crippen LogP contribution in [0.5, 0.6) is 0 Å². The number of carboxylic acids is 1. The van der Waals surface area contributed by atoms with Gasteiger partial charge >= 0.3 is 11.9 Å². The van der Waals surface area contributed by atoms with Gasteiger partial charge in [-0.15, -0.1) is 0 Å². The van der Waals surface area contributed by atoms with Crippen molar-refractivity contribution in [2.45, 2.75) is 23.7 Å². The highest BCUT2D eigenvalue weighted by Crippen LogP contribution is 2.38. The first-order valence-electron chi connectivity index (χ1n) is 14.7. The molecule has 0 aliphatic heterocycles. The lowest BCUT2D eigenvalue weighted by Gasteiger charge is -2.31. The van der Waals surface area contributed by atoms with E-state index in [1.165, 1.54) is 0 Å². The van der Waals surface area contributed by atoms with Crippen LogP contribution in [0.25, 0.3) is 0 Å². The van der Waals surface area contributed by atoms with Gasteiger partial charge in [0.1, 0.15) is 10.8 Å². The second-order valence-corrected chi connectivity index (χ2v) is 10.3. The highest BCUT2D eigenvalue weighted by molar-refractivity contribution is 5.87. The van der Waals surface area contributed by atoms with Crippen LogP contribution >= 0.6 is 0 Å². The van der Waals surface area contributed by atoms with Crippen molar-refractivity contribution < 1.29 is 33.7 Å². The summed E-state index contributed by atoms with van der Waals surface area (Å²) in [5, 5.41) is 10.4. The van der Waals surface area contributed by atoms with Crippen LogP contribution in [0.1, 0.15) is 35.1 Å². The first-order chi connectivity index (χ1) is 21.6. The Balaban J connectivity index is 1.24. The van der Waals surface area contributed by atoms with Crippen LogP contribution in [0.2, 0.25) is 0 Å². The lowest BCUT2D eigenvalue weighted by atomic mass is 9.72. The van der Waals surface area contributed by atoms with Crippen LogP contribution in [0.3, 0.4) is 0 Å². The summed E-state index contributed by atoms with van der Waals surface area (Å²) >= 11 is 0. The lowest BCUT2D eigenvalue weighted by molar-refractivity contribution is -0.150. The number of ether oxygens (including phenoxy) is 3. The highest BCUT2D eigenvalue weighted by Gasteiger charge is 2.44. The number of nitrogens with two attached hydrogens (primary N) is 1. The molecule has 4 aromatic rings. The molecule has 0 spiro atoms. The van der Waals surface area contributed by atoms with Gasteiger partial charge in [0.25, 0.3) is 0 Å². The summed E-state index contributed by atoms with van der Waals surface area (Å²) in [5.74, 6) is 3.92. The Morgan fingerprint density at radius 3 is 1.11 bits per heavy atom. The van der Waals surface area contributed by atoms with Gasteiger partial charge in [-0.05, 0) is 35.1 Å². The molecule has 0 saturated carbocycles. The minimum Gasteiger partial charge on any atom is -0.480 e. The number of aliphatic carboxylic acids is 1. The summed E-state index contributed by atoms with van der Waals surface area (Å²) in [4.78, 5) is 30.6. The molecule has 8 heteroatoms. The molecular formula is C36H39NO7. The van der Waals surface area contributed by atoms with Gasteiger partial charge in [-0.1, -0.05) is 121 Å². The first kappa shape index (κ1) is 32.6. The van der Waals surface area contributed by atoms with Gasteiger partial charge in [0, 0.05) is 13.2 Å². The third-order valence-electron chi connectivity index (χ3n) is 7.87. The fourth-order valence-electron chi connectivity index (χ4n) is 5.59. The SMILES string of the molecule is NOC(=O)C(CCOCCOCCOCCC(C(=O)O)(c1ccccc1)c1ccccc1)(c1ccccc1)c1ccccc1. The van der Waals surface area contributed by atoms with Crippen molar-refractivity contribution >= 4 is 11.9 Å². The van der Waals surface area contributed by atoms with Gasteiger partial charge in [0.15, 0.2) is 0 Å². The average molecular weight is 598 g/mol. The summed E-state index contributed by atoms with van der Waals surface area (Å²) in [6.45, 7) is 1.82. The largest absolute Gasteiger partial charge is 0.480 e. The molecule has 0 unspecified atom stereocenters. The summed E-state index contributed by atoms with van der Waals surface area (Å²) in [7, 11) is 0. The van der Waals surface area contributed by atoms with E-state index in [-0.39, 0.29) is 19.6 Å². The predicted molar refractivity (Wildman–Crippen MR) is 167 cm³/mol. The number of hydrogen-bond acceptors (Lipinski definition) is 7. The van der Waals surface area contributed by atoms with Crippen molar-refractivity contribution in [3.8, 4) is 0 Å². The molecular weight excluding hydrogens is 558 g/mol. The van der Waals surface area contributed by atoms with E-state index in [1.54, 1.807) is 0 Å². The predicted octanol–water partition coefficient (Wildman–Crippen LogP) is 5.29. The maximum Gasteiger partial charge on any atom is 0.339 e. The topological polar surface area (TPSA) is 117 Å². The summed E-state index contributed by atoms with van der Waals surface area (Å²) in [6, 6.07) is 37.3. The standard InChI is InChI=1S/C36H39NO7/c37-44-34(40)36(31-17-9-3-10-18-31,32-19-11-4-12-20-32)22-24-42-26-28-43-27-25-41-23-21-35(33(38)39,29-13-5-1-6-14-29)30-15-7-2-8-16-30/h1-20H,21-28,37H2,(H,38,39). The number of hydrogen-bond donors (Lipinski definition) is 2. The van der Waals surface area contributed by atoms with Gasteiger partial charge in [0.2, 0.25) is 0 Å². The highest BCUT2D eigenvalue weighted by atomic mass is 16.7. The first-order valence-corrected chi connectivity index (χ1v) is 14.7. The Labute approximate surface area is 258 Å². The fourth-order valence-corrected chi connectivity index (χ4v) is 5.59. The fraction of sp³-hybridized carbons (Fsp3) is 0.278. The smallest absolute Gasteiger partial charge is 0.339 e. The second kappa shape index (κ2) is 16.5. The van der Waals surface area contributed by atoms with Crippen molar-refractivity contribution in [1.29, 1.82) is 0 Å². The van der Waals surface area contributed by atoms with Gasteiger partial charge < -0.3 is 24.2 Å². The van der Waals surface area contributed by atoms with Crippen molar-refractivity contribution in [2.75, 3.05) is 39.6 Å². The average Bonchev–Trinajstić information content (AvgIpc) is 3.08. The van der Waals surface area contributed by atoms with Crippen LogP contribution in [-0.4, -0.2) is 56.7 Å². The molecule has 4 rings (SSSR count). The molecule has 3 N–H and O–H groups in total. The molecule has 0 fully saturated rings. The lowest BCUT2D eigenvalue weighted by Crippen LogP contribution is -2.41. The van der Waals surface area contributed by atoms with E-state index < -0.39 is 22.8 Å². The Morgan fingerprint density at radius 1 is 0.500 bits per heavy atom. The molecule has 0 bridgehead atoms. The molecule has 0 radical (unpaired) electrons. The van der Waals surface area contributed by atoms with E-state index in [2.05, 4.69) is 0 Å². The summed E-state index contributed by atoms with van der Waals surface area (Å²) < 4.78 is 17.3. The maximum atomic E-state index is 13.1. The second-order valence-electron chi connectivity index (χ2n) is 10.3. The van der Waals surface area contributed by atoms with Crippen molar-refractivity contribution in [2.24, 2.45) is 5.90 Å². The maximum absolute atomic E-state index is 13.1. The van der Waals surface area contributed by atoms with Crippen molar-refractivity contribution in [3.63, 3.8) is 0 Å². The van der Waals surface area contributed by atoms with Crippen LogP contribution in [0.4, 0.5) is 0 Å². The molecule has 0 atom stereocenters. The number of rotatable bonds is 18. The van der Waals surface area contributed by atoms with Crippen molar-refractivity contribution in [1.82, 2.24) is 0 Å². The van der Waals surface area contributed by atoms with E-state index >= 15 is 0 Å². The minimum absolute atomic E-state index is 0.244. The van der Waals surface area contributed by atoms with Crippen molar-refractivity contribution in [3.05, 3.63) is 144 Å². The van der Waals surface area contributed by atoms with Crippen LogP contribution < -0.4 is 5.90 Å². The van der Waals surface area contributed by atoms with Gasteiger partial charge in [-0.2, -0.15) is 5.90 Å². The van der Waals surface area contributed by atoms with Crippen LogP contribution in [-0.2, 0) is 39.5 Å². The Bertz CT molecular complexity index is 1340. The Kier molecular flexibility index (Phi) is 12.2. The quantitative estimate of drug-likeness (QED) is 0.117. The van der Waals surface area contributed by atoms with Gasteiger partial charge in [-0.25, -0.2) is 4.79 Å². The Morgan fingerprint density at radius 2 is 0.795 bits per heavy atom. The molecule has 230 valence electrons. The third-order valence-corrected chi connectivity index (χ3v) is 7.87. The molecule has 4 aromatic carbocycles. The zero-order valence-corrected chi connectivity index (χ0v) is 24.7. The van der Waals surface area contributed by atoms with Crippen LogP contribution in [0.15, 0.2) is 121 Å². The van der Waals surface area contributed by atoms with E-state index in [9.17, 15) is 14.7 Å². The normalized spacial score (nSPS) is 11.7. The van der Waals surface area contributed by atoms with E-state index in [0.29, 0.717) is 44.0 Å². The number of carbonyl (C=O) groups excluding carboxylic acids is 1. The number of carboxylic acid groups (broad SMARTS) is 1. The van der Waals surface area contributed by atoms with E-state index in [4.69, 9.17) is 24.9 Å². The molecule has 0 heterocycles.